The van der Waals surface area contributed by atoms with Crippen molar-refractivity contribution in [1.82, 2.24) is 16.0 Å². The van der Waals surface area contributed by atoms with Gasteiger partial charge in [-0.05, 0) is 13.3 Å². The first kappa shape index (κ1) is 28.1. The lowest BCUT2D eigenvalue weighted by Crippen LogP contribution is -2.59. The summed E-state index contributed by atoms with van der Waals surface area (Å²) in [5, 5.41) is 25.0. The van der Waals surface area contributed by atoms with Crippen molar-refractivity contribution in [3.05, 3.63) is 0 Å². The first-order chi connectivity index (χ1) is 14.3. The van der Waals surface area contributed by atoms with Crippen LogP contribution in [0.25, 0.3) is 0 Å². The van der Waals surface area contributed by atoms with E-state index < -0.39 is 72.2 Å². The molecule has 0 fully saturated rings. The smallest absolute Gasteiger partial charge is 0.326 e. The number of carbonyl (C=O) groups excluding carboxylic acids is 5. The number of aliphatic hydroxyl groups excluding tert-OH is 1. The van der Waals surface area contributed by atoms with Gasteiger partial charge in [0.25, 0.3) is 0 Å². The van der Waals surface area contributed by atoms with E-state index in [0.717, 1.165) is 0 Å². The molecule has 0 heterocycles. The highest BCUT2D eigenvalue weighted by Crippen LogP contribution is 2.01. The van der Waals surface area contributed by atoms with Crippen LogP contribution in [-0.4, -0.2) is 81.7 Å². The normalized spacial score (nSPS) is 15.5. The molecule has 0 saturated heterocycles. The number of rotatable bonds is 14. The number of aliphatic carboxylic acids is 1. The zero-order valence-corrected chi connectivity index (χ0v) is 17.6. The van der Waals surface area contributed by atoms with Crippen molar-refractivity contribution in [2.24, 2.45) is 17.2 Å². The van der Waals surface area contributed by atoms with Gasteiger partial charge in [0.15, 0.2) is 0 Å². The number of nitrogens with two attached hydrogens (primary N) is 3. The Balaban J connectivity index is 5.26. The van der Waals surface area contributed by atoms with E-state index in [4.69, 9.17) is 22.3 Å². The van der Waals surface area contributed by atoms with E-state index in [0.29, 0.717) is 0 Å². The Kier molecular flexibility index (Phi) is 12.1. The number of amides is 5. The maximum Gasteiger partial charge on any atom is 0.326 e. The maximum absolute atomic E-state index is 12.5. The van der Waals surface area contributed by atoms with E-state index in [2.05, 4.69) is 28.6 Å². The van der Waals surface area contributed by atoms with Gasteiger partial charge >= 0.3 is 5.97 Å². The largest absolute Gasteiger partial charge is 0.480 e. The van der Waals surface area contributed by atoms with E-state index >= 15 is 0 Å². The Hall–Kier alpha value is -2.91. The molecular weight excluding hydrogens is 436 g/mol. The van der Waals surface area contributed by atoms with Crippen LogP contribution < -0.4 is 33.2 Å². The minimum Gasteiger partial charge on any atom is -0.480 e. The van der Waals surface area contributed by atoms with Crippen LogP contribution in [0.4, 0.5) is 0 Å². The van der Waals surface area contributed by atoms with Gasteiger partial charge < -0.3 is 43.4 Å². The van der Waals surface area contributed by atoms with Gasteiger partial charge in [-0.3, -0.25) is 24.0 Å². The molecule has 0 bridgehead atoms. The van der Waals surface area contributed by atoms with Crippen molar-refractivity contribution >= 4 is 48.1 Å². The first-order valence-electron chi connectivity index (χ1n) is 9.05. The summed E-state index contributed by atoms with van der Waals surface area (Å²) in [4.78, 5) is 70.2. The van der Waals surface area contributed by atoms with Crippen LogP contribution in [0.3, 0.4) is 0 Å². The number of aliphatic hydroxyl groups is 1. The number of hydrogen-bond acceptors (Lipinski definition) is 9. The summed E-state index contributed by atoms with van der Waals surface area (Å²) >= 11 is 3.93. The molecule has 0 aliphatic heterocycles. The lowest BCUT2D eigenvalue weighted by atomic mass is 10.1. The molecule has 0 aromatic heterocycles. The van der Waals surface area contributed by atoms with Crippen LogP contribution in [0.2, 0.25) is 0 Å². The third-order valence-corrected chi connectivity index (χ3v) is 4.34. The average molecular weight is 465 g/mol. The third kappa shape index (κ3) is 10.6. The molecule has 11 N–H and O–H groups in total. The molecular formula is C16H28N6O8S. The van der Waals surface area contributed by atoms with Crippen molar-refractivity contribution in [1.29, 1.82) is 0 Å². The minimum atomic E-state index is -1.52. The van der Waals surface area contributed by atoms with Crippen molar-refractivity contribution < 1.29 is 39.0 Å². The predicted molar refractivity (Wildman–Crippen MR) is 109 cm³/mol. The van der Waals surface area contributed by atoms with Crippen molar-refractivity contribution in [2.75, 3.05) is 5.75 Å². The fourth-order valence-electron chi connectivity index (χ4n) is 2.18. The molecule has 31 heavy (non-hydrogen) atoms. The average Bonchev–Trinajstić information content (AvgIpc) is 2.66. The summed E-state index contributed by atoms with van der Waals surface area (Å²) in [6, 6.07) is -5.72. The van der Waals surface area contributed by atoms with E-state index in [1.165, 1.54) is 6.92 Å². The van der Waals surface area contributed by atoms with Gasteiger partial charge in [0, 0.05) is 12.2 Å². The molecule has 0 aromatic rings. The van der Waals surface area contributed by atoms with Crippen LogP contribution in [0.1, 0.15) is 26.2 Å². The number of thiol groups is 1. The number of hydrogen-bond donors (Lipinski definition) is 9. The number of carbonyl (C=O) groups is 6. The summed E-state index contributed by atoms with van der Waals surface area (Å²) in [5.74, 6) is -6.29. The quantitative estimate of drug-likeness (QED) is 0.112. The van der Waals surface area contributed by atoms with Crippen LogP contribution in [-0.2, 0) is 28.8 Å². The second kappa shape index (κ2) is 13.4. The Morgan fingerprint density at radius 2 is 1.35 bits per heavy atom. The van der Waals surface area contributed by atoms with Crippen LogP contribution >= 0.6 is 12.6 Å². The molecule has 5 atom stereocenters. The number of nitrogens with one attached hydrogen (secondary N) is 3. The maximum atomic E-state index is 12.5. The predicted octanol–water partition coefficient (Wildman–Crippen LogP) is -4.70. The topological polar surface area (TPSA) is 257 Å². The molecule has 0 saturated carbocycles. The first-order valence-corrected chi connectivity index (χ1v) is 9.68. The van der Waals surface area contributed by atoms with Crippen molar-refractivity contribution in [3.63, 3.8) is 0 Å². The lowest BCUT2D eigenvalue weighted by molar-refractivity contribution is -0.142. The summed E-state index contributed by atoms with van der Waals surface area (Å²) in [6.45, 7) is 1.24. The molecule has 0 rings (SSSR count). The fraction of sp³-hybridized carbons (Fsp3) is 0.625. The fourth-order valence-corrected chi connectivity index (χ4v) is 2.44. The number of primary amides is 2. The van der Waals surface area contributed by atoms with Gasteiger partial charge in [-0.15, -0.1) is 0 Å². The SMILES string of the molecule is CC(O)C(N)C(=O)NC(CC(N)=O)C(=O)NC(CS)C(=O)NC(CCC(N)=O)C(=O)O. The van der Waals surface area contributed by atoms with Crippen LogP contribution in [0, 0.1) is 0 Å². The van der Waals surface area contributed by atoms with Crippen molar-refractivity contribution in [3.8, 4) is 0 Å². The highest BCUT2D eigenvalue weighted by molar-refractivity contribution is 7.80. The minimum absolute atomic E-state index is 0.274. The molecule has 0 aliphatic rings. The highest BCUT2D eigenvalue weighted by Gasteiger charge is 2.31. The van der Waals surface area contributed by atoms with Crippen LogP contribution in [0.5, 0.6) is 0 Å². The monoisotopic (exact) mass is 464 g/mol. The van der Waals surface area contributed by atoms with Gasteiger partial charge in [-0.2, -0.15) is 12.6 Å². The van der Waals surface area contributed by atoms with Gasteiger partial charge in [0.05, 0.1) is 12.5 Å². The van der Waals surface area contributed by atoms with E-state index in [1.807, 2.05) is 0 Å². The van der Waals surface area contributed by atoms with Gasteiger partial charge in [0.2, 0.25) is 29.5 Å². The molecule has 0 aromatic carbocycles. The van der Waals surface area contributed by atoms with E-state index in [9.17, 15) is 33.9 Å². The standard InChI is InChI=1S/C16H28N6O8S/c1-6(23)12(19)15(28)21-8(4-11(18)25)13(26)22-9(5-31)14(27)20-7(16(29)30)2-3-10(17)24/h6-9,12,23,31H,2-5,19H2,1H3,(H2,17,24)(H2,18,25)(H,20,27)(H,21,28)(H,22,26)(H,29,30). The molecule has 15 heteroatoms. The van der Waals surface area contributed by atoms with Gasteiger partial charge in [-0.1, -0.05) is 0 Å². The highest BCUT2D eigenvalue weighted by atomic mass is 32.1. The van der Waals surface area contributed by atoms with Gasteiger partial charge in [0.1, 0.15) is 24.2 Å². The second-order valence-corrected chi connectivity index (χ2v) is 7.01. The third-order valence-electron chi connectivity index (χ3n) is 3.97. The summed E-state index contributed by atoms with van der Waals surface area (Å²) in [7, 11) is 0. The van der Waals surface area contributed by atoms with Crippen LogP contribution in [0.15, 0.2) is 0 Å². The molecule has 5 unspecified atom stereocenters. The lowest BCUT2D eigenvalue weighted by Gasteiger charge is -2.24. The molecule has 5 amide bonds. The summed E-state index contributed by atoms with van der Waals surface area (Å²) in [6.07, 6.45) is -2.46. The van der Waals surface area contributed by atoms with Gasteiger partial charge in [-0.25, -0.2) is 4.79 Å². The Bertz CT molecular complexity index is 704. The Labute approximate surface area is 183 Å². The zero-order valence-electron chi connectivity index (χ0n) is 16.7. The number of carboxylic acid groups (broad SMARTS) is 1. The van der Waals surface area contributed by atoms with E-state index in [1.54, 1.807) is 0 Å². The Morgan fingerprint density at radius 1 is 0.871 bits per heavy atom. The Morgan fingerprint density at radius 3 is 1.77 bits per heavy atom. The van der Waals surface area contributed by atoms with Crippen molar-refractivity contribution in [2.45, 2.75) is 56.5 Å². The second-order valence-electron chi connectivity index (χ2n) is 6.65. The molecule has 0 aliphatic carbocycles. The molecule has 0 radical (unpaired) electrons. The molecule has 176 valence electrons. The van der Waals surface area contributed by atoms with E-state index in [-0.39, 0.29) is 18.6 Å². The molecule has 0 spiro atoms. The molecule has 14 nitrogen and oxygen atoms in total. The summed E-state index contributed by atoms with van der Waals surface area (Å²) in [5.41, 5.74) is 15.5. The number of carboxylic acids is 1. The zero-order chi connectivity index (χ0) is 24.3. The summed E-state index contributed by atoms with van der Waals surface area (Å²) < 4.78 is 0.